The number of hydrogen-bond acceptors (Lipinski definition) is 6. The van der Waals surface area contributed by atoms with Gasteiger partial charge < -0.3 is 16.2 Å². The molecular weight excluding hydrogens is 456 g/mol. The third-order valence-electron chi connectivity index (χ3n) is 7.00. The van der Waals surface area contributed by atoms with Gasteiger partial charge in [-0.25, -0.2) is 0 Å². The molecule has 2 aromatic carbocycles. The number of phenols is 1. The van der Waals surface area contributed by atoms with Crippen LogP contribution < -0.4 is 11.1 Å². The van der Waals surface area contributed by atoms with Crippen molar-refractivity contribution in [3.8, 4) is 22.9 Å². The Morgan fingerprint density at radius 1 is 1.22 bits per heavy atom. The second kappa shape index (κ2) is 10.6. The van der Waals surface area contributed by atoms with Crippen molar-refractivity contribution in [1.82, 2.24) is 14.7 Å². The van der Waals surface area contributed by atoms with E-state index in [1.54, 1.807) is 4.68 Å². The van der Waals surface area contributed by atoms with Crippen LogP contribution >= 0.6 is 0 Å². The fourth-order valence-electron chi connectivity index (χ4n) is 4.82. The molecule has 0 radical (unpaired) electrons. The van der Waals surface area contributed by atoms with E-state index >= 15 is 0 Å². The van der Waals surface area contributed by atoms with Crippen molar-refractivity contribution in [2.45, 2.75) is 44.7 Å². The van der Waals surface area contributed by atoms with Gasteiger partial charge in [-0.1, -0.05) is 43.3 Å². The first-order valence-corrected chi connectivity index (χ1v) is 12.0. The molecule has 36 heavy (non-hydrogen) atoms. The second-order valence-electron chi connectivity index (χ2n) is 9.20. The van der Waals surface area contributed by atoms with E-state index in [4.69, 9.17) is 5.73 Å². The topological polar surface area (TPSA) is 137 Å². The largest absolute Gasteiger partial charge is 0.507 e. The van der Waals surface area contributed by atoms with Crippen molar-refractivity contribution in [3.63, 3.8) is 0 Å². The third kappa shape index (κ3) is 5.09. The maximum Gasteiger partial charge on any atom is 0.254 e. The summed E-state index contributed by atoms with van der Waals surface area (Å²) in [5.74, 6) is -0.352. The van der Waals surface area contributed by atoms with Crippen molar-refractivity contribution in [2.24, 2.45) is 5.73 Å². The number of aryl methyl sites for hydroxylation is 1. The number of carbonyl (C=O) groups is 2. The second-order valence-corrected chi connectivity index (χ2v) is 9.20. The first kappa shape index (κ1) is 24.9. The zero-order valence-electron chi connectivity index (χ0n) is 20.3. The average Bonchev–Trinajstić information content (AvgIpc) is 3.31. The van der Waals surface area contributed by atoms with Crippen LogP contribution in [0, 0.1) is 11.3 Å². The molecule has 0 saturated carbocycles. The molecule has 1 saturated heterocycles. The summed E-state index contributed by atoms with van der Waals surface area (Å²) >= 11 is 0. The third-order valence-corrected chi connectivity index (χ3v) is 7.00. The van der Waals surface area contributed by atoms with E-state index in [1.165, 1.54) is 11.8 Å². The maximum atomic E-state index is 11.8. The van der Waals surface area contributed by atoms with Crippen molar-refractivity contribution in [3.05, 3.63) is 65.4 Å². The number of benzene rings is 2. The van der Waals surface area contributed by atoms with E-state index in [1.807, 2.05) is 30.3 Å². The zero-order chi connectivity index (χ0) is 25.7. The van der Waals surface area contributed by atoms with Crippen LogP contribution in [0.2, 0.25) is 0 Å². The SMILES string of the molecule is CCc1ccc(-c2ccc(CN3CCC(CC#N)(n4cc(C(N)=O)c(NC=O)n4)CC3)cc2O)cc1. The molecule has 9 heteroatoms. The average molecular weight is 487 g/mol. The summed E-state index contributed by atoms with van der Waals surface area (Å²) in [4.78, 5) is 25.0. The number of hydrogen-bond donors (Lipinski definition) is 3. The van der Waals surface area contributed by atoms with Gasteiger partial charge in [0.15, 0.2) is 5.82 Å². The van der Waals surface area contributed by atoms with E-state index in [-0.39, 0.29) is 23.6 Å². The Hall–Kier alpha value is -4.16. The van der Waals surface area contributed by atoms with Crippen LogP contribution in [0.15, 0.2) is 48.7 Å². The van der Waals surface area contributed by atoms with Gasteiger partial charge in [-0.15, -0.1) is 0 Å². The van der Waals surface area contributed by atoms with Gasteiger partial charge in [0.2, 0.25) is 6.41 Å². The van der Waals surface area contributed by atoms with Gasteiger partial charge in [-0.2, -0.15) is 10.4 Å². The summed E-state index contributed by atoms with van der Waals surface area (Å²) in [6.45, 7) is 4.17. The van der Waals surface area contributed by atoms with Crippen LogP contribution in [0.1, 0.15) is 47.7 Å². The molecule has 4 N–H and O–H groups in total. The van der Waals surface area contributed by atoms with E-state index < -0.39 is 11.4 Å². The zero-order valence-corrected chi connectivity index (χ0v) is 20.3. The quantitative estimate of drug-likeness (QED) is 0.397. The first-order valence-electron chi connectivity index (χ1n) is 12.0. The molecular formula is C27H30N6O3. The van der Waals surface area contributed by atoms with Gasteiger partial charge in [-0.3, -0.25) is 19.2 Å². The van der Waals surface area contributed by atoms with Gasteiger partial charge in [-0.05, 0) is 42.0 Å². The highest BCUT2D eigenvalue weighted by atomic mass is 16.3. The standard InChI is InChI=1S/C27H30N6O3/c1-2-19-3-6-21(7-4-19)22-8-5-20(15-24(22)35)16-32-13-10-27(9-12-28,11-14-32)33-17-23(25(29)36)26(31-33)30-18-34/h3-8,15,17-18,35H,2,9-11,13-14,16H2,1H3,(H2,29,36)(H,30,31,34). The number of nitrogens with two attached hydrogens (primary N) is 1. The number of amides is 2. The number of primary amides is 1. The summed E-state index contributed by atoms with van der Waals surface area (Å²) in [5, 5.41) is 27.0. The van der Waals surface area contributed by atoms with Crippen molar-refractivity contribution in [2.75, 3.05) is 18.4 Å². The number of likely N-dealkylation sites (tertiary alicyclic amines) is 1. The number of nitrogens with zero attached hydrogens (tertiary/aromatic N) is 4. The van der Waals surface area contributed by atoms with Gasteiger partial charge >= 0.3 is 0 Å². The van der Waals surface area contributed by atoms with Gasteiger partial charge in [0.05, 0.1) is 18.0 Å². The van der Waals surface area contributed by atoms with Gasteiger partial charge in [0.1, 0.15) is 11.3 Å². The molecule has 0 aliphatic carbocycles. The molecule has 0 bridgehead atoms. The number of aromatic nitrogens is 2. The highest BCUT2D eigenvalue weighted by Crippen LogP contribution is 2.36. The molecule has 1 aromatic heterocycles. The molecule has 0 atom stereocenters. The number of anilines is 1. The van der Waals surface area contributed by atoms with E-state index in [2.05, 4.69) is 40.4 Å². The number of phenolic OH excluding ortho intramolecular Hbond substituents is 1. The Morgan fingerprint density at radius 3 is 2.50 bits per heavy atom. The lowest BCUT2D eigenvalue weighted by molar-refractivity contribution is -0.105. The van der Waals surface area contributed by atoms with Crippen LogP contribution in [-0.2, 0) is 23.3 Å². The van der Waals surface area contributed by atoms with Crippen molar-refractivity contribution in [1.29, 1.82) is 5.26 Å². The highest BCUT2D eigenvalue weighted by Gasteiger charge is 2.38. The number of nitrogens with one attached hydrogen (secondary N) is 1. The molecule has 9 nitrogen and oxygen atoms in total. The molecule has 1 fully saturated rings. The number of rotatable bonds is 9. The van der Waals surface area contributed by atoms with Crippen molar-refractivity contribution < 1.29 is 14.7 Å². The van der Waals surface area contributed by atoms with Gasteiger partial charge in [0.25, 0.3) is 5.91 Å². The lowest BCUT2D eigenvalue weighted by atomic mass is 9.84. The molecule has 0 spiro atoms. The summed E-state index contributed by atoms with van der Waals surface area (Å²) in [7, 11) is 0. The van der Waals surface area contributed by atoms with Crippen LogP contribution in [-0.4, -0.2) is 45.2 Å². The molecule has 3 aromatic rings. The number of nitriles is 1. The van der Waals surface area contributed by atoms with E-state index in [9.17, 15) is 20.0 Å². The Bertz CT molecular complexity index is 1280. The van der Waals surface area contributed by atoms with Crippen LogP contribution in [0.3, 0.4) is 0 Å². The smallest absolute Gasteiger partial charge is 0.254 e. The fourth-order valence-corrected chi connectivity index (χ4v) is 4.82. The maximum absolute atomic E-state index is 11.8. The fraction of sp³-hybridized carbons (Fsp3) is 0.333. The number of piperidine rings is 1. The van der Waals surface area contributed by atoms with E-state index in [0.717, 1.165) is 23.1 Å². The molecule has 1 aliphatic heterocycles. The normalized spacial score (nSPS) is 15.2. The van der Waals surface area contributed by atoms with Crippen molar-refractivity contribution >= 4 is 18.1 Å². The summed E-state index contributed by atoms with van der Waals surface area (Å²) < 4.78 is 1.62. The highest BCUT2D eigenvalue weighted by molar-refractivity contribution is 5.99. The predicted octanol–water partition coefficient (Wildman–Crippen LogP) is 3.39. The Morgan fingerprint density at radius 2 is 1.92 bits per heavy atom. The number of aromatic hydroxyl groups is 1. The van der Waals surface area contributed by atoms with E-state index in [0.29, 0.717) is 38.9 Å². The van der Waals surface area contributed by atoms with Crippen LogP contribution in [0.5, 0.6) is 5.75 Å². The minimum absolute atomic E-state index is 0.0946. The molecule has 4 rings (SSSR count). The monoisotopic (exact) mass is 486 g/mol. The minimum Gasteiger partial charge on any atom is -0.507 e. The van der Waals surface area contributed by atoms with Crippen LogP contribution in [0.25, 0.3) is 11.1 Å². The summed E-state index contributed by atoms with van der Waals surface area (Å²) in [6, 6.07) is 16.3. The first-order chi connectivity index (χ1) is 17.4. The summed E-state index contributed by atoms with van der Waals surface area (Å²) in [5.41, 5.74) is 8.99. The molecule has 186 valence electrons. The molecule has 1 aliphatic rings. The Balaban J connectivity index is 1.47. The molecule has 0 unspecified atom stereocenters. The predicted molar refractivity (Wildman–Crippen MR) is 136 cm³/mol. The molecule has 2 heterocycles. The lowest BCUT2D eigenvalue weighted by Crippen LogP contribution is -2.46. The van der Waals surface area contributed by atoms with Gasteiger partial charge in [0, 0.05) is 31.4 Å². The summed E-state index contributed by atoms with van der Waals surface area (Å²) in [6.07, 6.45) is 4.42. The minimum atomic E-state index is -0.695. The molecule has 2 amide bonds. The van der Waals surface area contributed by atoms with Crippen LogP contribution in [0.4, 0.5) is 5.82 Å². The number of carbonyl (C=O) groups excluding carboxylic acids is 2. The Kier molecular flexibility index (Phi) is 7.36. The Labute approximate surface area is 210 Å². The lowest BCUT2D eigenvalue weighted by Gasteiger charge is -2.40.